The van der Waals surface area contributed by atoms with Gasteiger partial charge in [-0.2, -0.15) is 0 Å². The molecule has 2 aromatic carbocycles. The molecule has 0 aliphatic rings. The van der Waals surface area contributed by atoms with Gasteiger partial charge in [0.25, 0.3) is 0 Å². The molecule has 0 saturated carbocycles. The predicted octanol–water partition coefficient (Wildman–Crippen LogP) is 4.90. The van der Waals surface area contributed by atoms with Crippen LogP contribution in [0.1, 0.15) is 28.7 Å². The highest BCUT2D eigenvalue weighted by molar-refractivity contribution is 8.00. The van der Waals surface area contributed by atoms with Gasteiger partial charge >= 0.3 is 0 Å². The Bertz CT molecular complexity index is 905. The van der Waals surface area contributed by atoms with E-state index in [0.29, 0.717) is 15.7 Å². The van der Waals surface area contributed by atoms with Crippen molar-refractivity contribution in [2.45, 2.75) is 31.2 Å². The van der Waals surface area contributed by atoms with Gasteiger partial charge in [-0.15, -0.1) is 10.2 Å². The van der Waals surface area contributed by atoms with Crippen molar-refractivity contribution < 1.29 is 4.79 Å². The summed E-state index contributed by atoms with van der Waals surface area (Å²) in [6, 6.07) is 15.1. The van der Waals surface area contributed by atoms with Crippen LogP contribution in [0.4, 0.5) is 0 Å². The maximum absolute atomic E-state index is 12.6. The average Bonchev–Trinajstić information content (AvgIpc) is 2.95. The van der Waals surface area contributed by atoms with Crippen LogP contribution < -0.4 is 0 Å². The summed E-state index contributed by atoms with van der Waals surface area (Å²) in [4.78, 5) is 12.6. The first-order chi connectivity index (χ1) is 12.0. The van der Waals surface area contributed by atoms with Crippen LogP contribution in [0.2, 0.25) is 5.02 Å². The van der Waals surface area contributed by atoms with Gasteiger partial charge in [-0.05, 0) is 62.7 Å². The number of aryl methyl sites for hydroxylation is 2. The smallest absolute Gasteiger partial charge is 0.196 e. The van der Waals surface area contributed by atoms with E-state index in [1.54, 1.807) is 24.3 Å². The Hall–Kier alpha value is -2.11. The zero-order valence-corrected chi connectivity index (χ0v) is 15.8. The molecular formula is C19H18ClN3OS. The molecule has 0 amide bonds. The summed E-state index contributed by atoms with van der Waals surface area (Å²) in [5.41, 5.74) is 2.80. The van der Waals surface area contributed by atoms with E-state index >= 15 is 0 Å². The summed E-state index contributed by atoms with van der Waals surface area (Å²) in [7, 11) is 0. The number of Topliss-reactive ketones (excluding diaryl/α,β-unsaturated/α-hetero) is 1. The predicted molar refractivity (Wildman–Crippen MR) is 102 cm³/mol. The van der Waals surface area contributed by atoms with Crippen LogP contribution in [0.25, 0.3) is 5.69 Å². The highest BCUT2D eigenvalue weighted by Gasteiger charge is 2.21. The number of carbonyl (C=O) groups is 1. The fourth-order valence-corrected chi connectivity index (χ4v) is 3.66. The molecule has 0 N–H and O–H groups in total. The number of thioether (sulfide) groups is 1. The maximum Gasteiger partial charge on any atom is 0.196 e. The number of rotatable bonds is 5. The molecule has 1 atom stereocenters. The number of aromatic nitrogens is 3. The van der Waals surface area contributed by atoms with Gasteiger partial charge in [-0.1, -0.05) is 35.5 Å². The Morgan fingerprint density at radius 1 is 1.12 bits per heavy atom. The van der Waals surface area contributed by atoms with Gasteiger partial charge in [0.15, 0.2) is 10.9 Å². The quantitative estimate of drug-likeness (QED) is 0.472. The minimum absolute atomic E-state index is 0.0399. The normalized spacial score (nSPS) is 12.2. The van der Waals surface area contributed by atoms with E-state index in [0.717, 1.165) is 17.1 Å². The first-order valence-corrected chi connectivity index (χ1v) is 9.17. The molecule has 25 heavy (non-hydrogen) atoms. The molecule has 0 unspecified atom stereocenters. The van der Waals surface area contributed by atoms with Crippen molar-refractivity contribution in [1.29, 1.82) is 0 Å². The van der Waals surface area contributed by atoms with Crippen LogP contribution in [0.5, 0.6) is 0 Å². The zero-order valence-electron chi connectivity index (χ0n) is 14.2. The van der Waals surface area contributed by atoms with E-state index in [-0.39, 0.29) is 11.0 Å². The minimum atomic E-state index is -0.284. The molecular weight excluding hydrogens is 354 g/mol. The molecule has 128 valence electrons. The number of ketones is 1. The molecule has 3 rings (SSSR count). The van der Waals surface area contributed by atoms with Crippen molar-refractivity contribution in [1.82, 2.24) is 14.8 Å². The summed E-state index contributed by atoms with van der Waals surface area (Å²) >= 11 is 7.30. The SMILES string of the molecule is Cc1cccc(-n2c(C)nnc2S[C@@H](C)C(=O)c2ccc(Cl)cc2)c1. The van der Waals surface area contributed by atoms with E-state index in [1.165, 1.54) is 11.8 Å². The second-order valence-corrected chi connectivity index (χ2v) is 7.58. The first-order valence-electron chi connectivity index (χ1n) is 7.91. The first kappa shape index (κ1) is 17.7. The second-order valence-electron chi connectivity index (χ2n) is 5.84. The van der Waals surface area contributed by atoms with E-state index in [4.69, 9.17) is 11.6 Å². The summed E-state index contributed by atoms with van der Waals surface area (Å²) in [5.74, 6) is 0.831. The van der Waals surface area contributed by atoms with Gasteiger partial charge in [0.2, 0.25) is 0 Å². The van der Waals surface area contributed by atoms with Crippen LogP contribution in [-0.2, 0) is 0 Å². The third kappa shape index (κ3) is 3.94. The minimum Gasteiger partial charge on any atom is -0.293 e. The third-order valence-electron chi connectivity index (χ3n) is 3.84. The highest BCUT2D eigenvalue weighted by atomic mass is 35.5. The Labute approximate surface area is 156 Å². The van der Waals surface area contributed by atoms with Gasteiger partial charge in [0, 0.05) is 16.3 Å². The van der Waals surface area contributed by atoms with E-state index in [1.807, 2.05) is 43.5 Å². The molecule has 6 heteroatoms. The molecule has 1 heterocycles. The molecule has 0 aliphatic carbocycles. The third-order valence-corrected chi connectivity index (χ3v) is 5.13. The highest BCUT2D eigenvalue weighted by Crippen LogP contribution is 2.28. The standard InChI is InChI=1S/C19H18ClN3OS/c1-12-5-4-6-17(11-12)23-14(3)21-22-19(23)25-13(2)18(24)15-7-9-16(20)10-8-15/h4-11,13H,1-3H3/t13-/m0/s1. The van der Waals surface area contributed by atoms with Crippen molar-refractivity contribution in [3.8, 4) is 5.69 Å². The molecule has 1 aromatic heterocycles. The van der Waals surface area contributed by atoms with Gasteiger partial charge in [-0.3, -0.25) is 9.36 Å². The number of benzene rings is 2. The molecule has 4 nitrogen and oxygen atoms in total. The van der Waals surface area contributed by atoms with Crippen LogP contribution >= 0.6 is 23.4 Å². The number of halogens is 1. The van der Waals surface area contributed by atoms with E-state index < -0.39 is 0 Å². The lowest BCUT2D eigenvalue weighted by molar-refractivity contribution is 0.0994. The second kappa shape index (κ2) is 7.42. The van der Waals surface area contributed by atoms with Gasteiger partial charge in [0.05, 0.1) is 5.25 Å². The lowest BCUT2D eigenvalue weighted by Gasteiger charge is -2.12. The van der Waals surface area contributed by atoms with Gasteiger partial charge < -0.3 is 0 Å². The van der Waals surface area contributed by atoms with Crippen molar-refractivity contribution in [3.05, 3.63) is 70.5 Å². The Morgan fingerprint density at radius 2 is 1.84 bits per heavy atom. The Kier molecular flexibility index (Phi) is 5.25. The molecule has 0 spiro atoms. The molecule has 0 aliphatic heterocycles. The fraction of sp³-hybridized carbons (Fsp3) is 0.211. The number of hydrogen-bond acceptors (Lipinski definition) is 4. The number of hydrogen-bond donors (Lipinski definition) is 0. The Morgan fingerprint density at radius 3 is 2.52 bits per heavy atom. The Balaban J connectivity index is 1.86. The van der Waals surface area contributed by atoms with E-state index in [9.17, 15) is 4.79 Å². The van der Waals surface area contributed by atoms with Crippen LogP contribution in [0, 0.1) is 13.8 Å². The van der Waals surface area contributed by atoms with Crippen LogP contribution in [-0.4, -0.2) is 25.8 Å². The summed E-state index contributed by atoms with van der Waals surface area (Å²) in [6.07, 6.45) is 0. The topological polar surface area (TPSA) is 47.8 Å². The molecule has 3 aromatic rings. The van der Waals surface area contributed by atoms with Crippen molar-refractivity contribution >= 4 is 29.1 Å². The van der Waals surface area contributed by atoms with Crippen molar-refractivity contribution in [2.75, 3.05) is 0 Å². The largest absolute Gasteiger partial charge is 0.293 e. The van der Waals surface area contributed by atoms with Gasteiger partial charge in [0.1, 0.15) is 5.82 Å². The average molecular weight is 372 g/mol. The van der Waals surface area contributed by atoms with Gasteiger partial charge in [-0.25, -0.2) is 0 Å². The summed E-state index contributed by atoms with van der Waals surface area (Å²) in [5, 5.41) is 9.48. The fourth-order valence-electron chi connectivity index (χ4n) is 2.54. The zero-order chi connectivity index (χ0) is 18.0. The molecule has 0 saturated heterocycles. The van der Waals surface area contributed by atoms with Crippen molar-refractivity contribution in [2.24, 2.45) is 0 Å². The molecule has 0 radical (unpaired) electrons. The summed E-state index contributed by atoms with van der Waals surface area (Å²) in [6.45, 7) is 5.83. The lowest BCUT2D eigenvalue weighted by Crippen LogP contribution is -2.14. The van der Waals surface area contributed by atoms with E-state index in [2.05, 4.69) is 16.3 Å². The maximum atomic E-state index is 12.6. The molecule has 0 fully saturated rings. The van der Waals surface area contributed by atoms with Crippen molar-refractivity contribution in [3.63, 3.8) is 0 Å². The lowest BCUT2D eigenvalue weighted by atomic mass is 10.1. The van der Waals surface area contributed by atoms with Crippen LogP contribution in [0.3, 0.4) is 0 Å². The number of nitrogens with zero attached hydrogens (tertiary/aromatic N) is 3. The summed E-state index contributed by atoms with van der Waals surface area (Å²) < 4.78 is 1.98. The number of carbonyl (C=O) groups excluding carboxylic acids is 1. The molecule has 0 bridgehead atoms. The monoisotopic (exact) mass is 371 g/mol. The van der Waals surface area contributed by atoms with Crippen LogP contribution in [0.15, 0.2) is 53.7 Å².